The molecule has 0 bridgehead atoms. The molecule has 1 nitrogen and oxygen atoms in total. The fourth-order valence-corrected chi connectivity index (χ4v) is 2.15. The van der Waals surface area contributed by atoms with Gasteiger partial charge in [0.2, 0.25) is 0 Å². The molecule has 0 saturated heterocycles. The Hall–Kier alpha value is -2.02. The molecule has 0 aliphatic rings. The molecule has 0 saturated carbocycles. The van der Waals surface area contributed by atoms with E-state index in [4.69, 9.17) is 0 Å². The second-order valence-electron chi connectivity index (χ2n) is 4.32. The van der Waals surface area contributed by atoms with Gasteiger partial charge in [-0.3, -0.25) is 0 Å². The standard InChI is InChI=1S/C16H15N/c1-2-12-7-9-13(10-8-12)16-11-14-5-3-4-6-15(14)17-16/h3-11,17H,2H2,1H3. The number of fused-ring (bicyclic) bond motifs is 1. The minimum Gasteiger partial charge on any atom is -0.355 e. The van der Waals surface area contributed by atoms with Crippen LogP contribution in [0.3, 0.4) is 0 Å². The van der Waals surface area contributed by atoms with Gasteiger partial charge in [0.05, 0.1) is 0 Å². The number of aromatic amines is 1. The van der Waals surface area contributed by atoms with E-state index in [0.717, 1.165) is 6.42 Å². The van der Waals surface area contributed by atoms with E-state index in [1.807, 2.05) is 0 Å². The summed E-state index contributed by atoms with van der Waals surface area (Å²) in [5.74, 6) is 0. The number of aryl methyl sites for hydroxylation is 1. The van der Waals surface area contributed by atoms with Crippen LogP contribution in [0, 0.1) is 0 Å². The number of hydrogen-bond donors (Lipinski definition) is 1. The summed E-state index contributed by atoms with van der Waals surface area (Å²) in [6, 6.07) is 19.3. The number of hydrogen-bond acceptors (Lipinski definition) is 0. The summed E-state index contributed by atoms with van der Waals surface area (Å²) in [6.45, 7) is 2.18. The maximum absolute atomic E-state index is 3.45. The molecular formula is C16H15N. The van der Waals surface area contributed by atoms with Crippen LogP contribution in [0.25, 0.3) is 22.2 Å². The van der Waals surface area contributed by atoms with E-state index in [0.29, 0.717) is 0 Å². The first-order valence-corrected chi connectivity index (χ1v) is 6.04. The third-order valence-electron chi connectivity index (χ3n) is 3.20. The quantitative estimate of drug-likeness (QED) is 0.660. The van der Waals surface area contributed by atoms with E-state index in [2.05, 4.69) is 66.5 Å². The Bertz CT molecular complexity index is 599. The van der Waals surface area contributed by atoms with E-state index in [1.165, 1.54) is 27.7 Å². The molecule has 1 N–H and O–H groups in total. The summed E-state index contributed by atoms with van der Waals surface area (Å²) >= 11 is 0. The van der Waals surface area contributed by atoms with Crippen LogP contribution in [-0.2, 0) is 6.42 Å². The molecule has 1 aromatic heterocycles. The first-order valence-electron chi connectivity index (χ1n) is 6.04. The van der Waals surface area contributed by atoms with Crippen LogP contribution < -0.4 is 0 Å². The lowest BCUT2D eigenvalue weighted by Gasteiger charge is -1.99. The average Bonchev–Trinajstić information content (AvgIpc) is 2.82. The Morgan fingerprint density at radius 1 is 0.941 bits per heavy atom. The molecule has 0 aliphatic heterocycles. The highest BCUT2D eigenvalue weighted by Crippen LogP contribution is 2.24. The highest BCUT2D eigenvalue weighted by atomic mass is 14.7. The molecule has 84 valence electrons. The van der Waals surface area contributed by atoms with Crippen LogP contribution in [0.15, 0.2) is 54.6 Å². The molecule has 1 heteroatoms. The van der Waals surface area contributed by atoms with E-state index >= 15 is 0 Å². The van der Waals surface area contributed by atoms with Gasteiger partial charge in [-0.25, -0.2) is 0 Å². The van der Waals surface area contributed by atoms with Crippen molar-refractivity contribution in [3.8, 4) is 11.3 Å². The van der Waals surface area contributed by atoms with Gasteiger partial charge >= 0.3 is 0 Å². The molecule has 0 amide bonds. The maximum Gasteiger partial charge on any atom is 0.0464 e. The molecule has 0 aliphatic carbocycles. The Labute approximate surface area is 101 Å². The lowest BCUT2D eigenvalue weighted by atomic mass is 10.1. The lowest BCUT2D eigenvalue weighted by molar-refractivity contribution is 1.14. The minimum atomic E-state index is 1.09. The summed E-state index contributed by atoms with van der Waals surface area (Å²) in [6.07, 6.45) is 1.09. The van der Waals surface area contributed by atoms with Gasteiger partial charge in [-0.2, -0.15) is 0 Å². The molecule has 1 heterocycles. The van der Waals surface area contributed by atoms with E-state index in [1.54, 1.807) is 0 Å². The van der Waals surface area contributed by atoms with Crippen LogP contribution in [0.5, 0.6) is 0 Å². The van der Waals surface area contributed by atoms with Gasteiger partial charge in [-0.05, 0) is 29.7 Å². The first kappa shape index (κ1) is 10.2. The normalized spacial score (nSPS) is 10.9. The second kappa shape index (κ2) is 4.10. The van der Waals surface area contributed by atoms with Gasteiger partial charge in [-0.15, -0.1) is 0 Å². The Morgan fingerprint density at radius 3 is 2.41 bits per heavy atom. The molecule has 0 atom stereocenters. The van der Waals surface area contributed by atoms with Crippen molar-refractivity contribution in [2.75, 3.05) is 0 Å². The average molecular weight is 221 g/mol. The molecule has 0 fully saturated rings. The topological polar surface area (TPSA) is 15.8 Å². The predicted molar refractivity (Wildman–Crippen MR) is 73.1 cm³/mol. The van der Waals surface area contributed by atoms with E-state index in [9.17, 15) is 0 Å². The molecular weight excluding hydrogens is 206 g/mol. The Morgan fingerprint density at radius 2 is 1.71 bits per heavy atom. The second-order valence-corrected chi connectivity index (χ2v) is 4.32. The number of H-pyrrole nitrogens is 1. The number of benzene rings is 2. The van der Waals surface area contributed by atoms with Gasteiger partial charge in [0.25, 0.3) is 0 Å². The van der Waals surface area contributed by atoms with Gasteiger partial charge in [0.1, 0.15) is 0 Å². The fourth-order valence-electron chi connectivity index (χ4n) is 2.15. The Kier molecular flexibility index (Phi) is 2.45. The van der Waals surface area contributed by atoms with Crippen molar-refractivity contribution >= 4 is 10.9 Å². The van der Waals surface area contributed by atoms with Gasteiger partial charge in [0.15, 0.2) is 0 Å². The summed E-state index contributed by atoms with van der Waals surface area (Å²) in [7, 11) is 0. The summed E-state index contributed by atoms with van der Waals surface area (Å²) in [5, 5.41) is 1.27. The zero-order valence-electron chi connectivity index (χ0n) is 9.90. The van der Waals surface area contributed by atoms with Crippen molar-refractivity contribution in [1.29, 1.82) is 0 Å². The number of para-hydroxylation sites is 1. The van der Waals surface area contributed by atoms with Gasteiger partial charge in [0, 0.05) is 16.6 Å². The monoisotopic (exact) mass is 221 g/mol. The zero-order chi connectivity index (χ0) is 11.7. The van der Waals surface area contributed by atoms with Crippen molar-refractivity contribution < 1.29 is 0 Å². The summed E-state index contributed by atoms with van der Waals surface area (Å²) in [5.41, 5.74) is 5.01. The lowest BCUT2D eigenvalue weighted by Crippen LogP contribution is -1.81. The number of rotatable bonds is 2. The molecule has 3 aromatic rings. The van der Waals surface area contributed by atoms with Gasteiger partial charge < -0.3 is 4.98 Å². The summed E-state index contributed by atoms with van der Waals surface area (Å²) < 4.78 is 0. The van der Waals surface area contributed by atoms with Crippen molar-refractivity contribution in [3.63, 3.8) is 0 Å². The minimum absolute atomic E-state index is 1.09. The van der Waals surface area contributed by atoms with Gasteiger partial charge in [-0.1, -0.05) is 49.4 Å². The molecule has 17 heavy (non-hydrogen) atoms. The zero-order valence-corrected chi connectivity index (χ0v) is 9.90. The molecule has 0 radical (unpaired) electrons. The van der Waals surface area contributed by atoms with Crippen LogP contribution in [-0.4, -0.2) is 4.98 Å². The number of nitrogens with one attached hydrogen (secondary N) is 1. The smallest absolute Gasteiger partial charge is 0.0464 e. The molecule has 0 spiro atoms. The number of aromatic nitrogens is 1. The van der Waals surface area contributed by atoms with Crippen molar-refractivity contribution in [3.05, 3.63) is 60.2 Å². The first-order chi connectivity index (χ1) is 8.36. The largest absolute Gasteiger partial charge is 0.355 e. The predicted octanol–water partition coefficient (Wildman–Crippen LogP) is 4.40. The Balaban J connectivity index is 2.07. The molecule has 0 unspecified atom stereocenters. The van der Waals surface area contributed by atoms with E-state index in [-0.39, 0.29) is 0 Å². The van der Waals surface area contributed by atoms with Crippen LogP contribution in [0.2, 0.25) is 0 Å². The van der Waals surface area contributed by atoms with Crippen molar-refractivity contribution in [1.82, 2.24) is 4.98 Å². The van der Waals surface area contributed by atoms with Crippen molar-refractivity contribution in [2.24, 2.45) is 0 Å². The SMILES string of the molecule is CCc1ccc(-c2cc3ccccc3[nH]2)cc1. The highest BCUT2D eigenvalue weighted by Gasteiger charge is 2.02. The maximum atomic E-state index is 3.45. The van der Waals surface area contributed by atoms with Crippen LogP contribution in [0.4, 0.5) is 0 Å². The third kappa shape index (κ3) is 1.84. The van der Waals surface area contributed by atoms with Crippen LogP contribution in [0.1, 0.15) is 12.5 Å². The highest BCUT2D eigenvalue weighted by molar-refractivity contribution is 5.85. The van der Waals surface area contributed by atoms with Crippen molar-refractivity contribution in [2.45, 2.75) is 13.3 Å². The molecule has 2 aromatic carbocycles. The van der Waals surface area contributed by atoms with Crippen LogP contribution >= 0.6 is 0 Å². The molecule has 3 rings (SSSR count). The summed E-state index contributed by atoms with van der Waals surface area (Å²) in [4.78, 5) is 3.45. The van der Waals surface area contributed by atoms with E-state index < -0.39 is 0 Å². The third-order valence-corrected chi connectivity index (χ3v) is 3.20. The fraction of sp³-hybridized carbons (Fsp3) is 0.125.